The van der Waals surface area contributed by atoms with Crippen LogP contribution in [-0.4, -0.2) is 82.3 Å². The molecule has 0 bridgehead atoms. The molecule has 5 rings (SSSR count). The number of anilines is 1. The van der Waals surface area contributed by atoms with Crippen molar-refractivity contribution in [2.75, 3.05) is 44.3 Å². The van der Waals surface area contributed by atoms with Crippen molar-refractivity contribution in [1.29, 1.82) is 0 Å². The fourth-order valence-electron chi connectivity index (χ4n) is 4.28. The van der Waals surface area contributed by atoms with Gasteiger partial charge in [-0.15, -0.1) is 0 Å². The van der Waals surface area contributed by atoms with Crippen molar-refractivity contribution in [3.05, 3.63) is 35.4 Å². The smallest absolute Gasteiger partial charge is 0.394 e. The number of nitrogens with one attached hydrogen (secondary N) is 1. The summed E-state index contributed by atoms with van der Waals surface area (Å²) in [5.41, 5.74) is 3.82. The number of imidazole rings is 1. The number of carbonyl (C=O) groups excluding carboxylic acids is 1. The summed E-state index contributed by atoms with van der Waals surface area (Å²) in [5.74, 6) is -2.32. The van der Waals surface area contributed by atoms with E-state index in [1.807, 2.05) is 12.1 Å². The highest BCUT2D eigenvalue weighted by molar-refractivity contribution is 6.33. The van der Waals surface area contributed by atoms with E-state index in [1.54, 1.807) is 6.07 Å². The third-order valence-electron chi connectivity index (χ3n) is 6.11. The second-order valence-corrected chi connectivity index (χ2v) is 8.70. The molecule has 1 amide bonds. The number of halogens is 1. The number of likely N-dealkylation sites (tertiary alicyclic amines) is 1. The fraction of sp³-hybridized carbons (Fsp3) is 0.391. The van der Waals surface area contributed by atoms with Gasteiger partial charge in [-0.2, -0.15) is 4.98 Å². The minimum Gasteiger partial charge on any atom is -0.474 e. The van der Waals surface area contributed by atoms with Gasteiger partial charge < -0.3 is 29.4 Å². The molecule has 2 fully saturated rings. The van der Waals surface area contributed by atoms with E-state index >= 15 is 0 Å². The third kappa shape index (κ3) is 4.64. The van der Waals surface area contributed by atoms with E-state index < -0.39 is 11.9 Å². The zero-order valence-electron chi connectivity index (χ0n) is 18.4. The number of carboxylic acids is 1. The van der Waals surface area contributed by atoms with Gasteiger partial charge in [-0.3, -0.25) is 4.79 Å². The number of hydrogen-bond acceptors (Lipinski definition) is 7. The Balaban J connectivity index is 1.28. The molecular formula is C23H24ClN5O5. The first-order chi connectivity index (χ1) is 16.5. The molecule has 0 aliphatic carbocycles. The molecule has 178 valence electrons. The number of rotatable bonds is 4. The van der Waals surface area contributed by atoms with Gasteiger partial charge in [-0.1, -0.05) is 23.7 Å². The molecule has 2 N–H and O–H groups in total. The van der Waals surface area contributed by atoms with Crippen LogP contribution in [0.25, 0.3) is 22.4 Å². The van der Waals surface area contributed by atoms with Crippen molar-refractivity contribution in [3.8, 4) is 17.3 Å². The molecule has 0 radical (unpaired) electrons. The second-order valence-electron chi connectivity index (χ2n) is 8.29. The van der Waals surface area contributed by atoms with Gasteiger partial charge in [0, 0.05) is 50.3 Å². The van der Waals surface area contributed by atoms with Gasteiger partial charge in [0.2, 0.25) is 0 Å². The number of H-pyrrole nitrogens is 1. The summed E-state index contributed by atoms with van der Waals surface area (Å²) in [6.07, 6.45) is 0.858. The number of ether oxygens (including phenoxy) is 2. The minimum absolute atomic E-state index is 0.180. The summed E-state index contributed by atoms with van der Waals surface area (Å²) in [6, 6.07) is 10.2. The number of piperidine rings is 1. The lowest BCUT2D eigenvalue weighted by molar-refractivity contribution is -0.156. The van der Waals surface area contributed by atoms with E-state index in [9.17, 15) is 9.59 Å². The first-order valence-corrected chi connectivity index (χ1v) is 11.5. The van der Waals surface area contributed by atoms with Crippen LogP contribution in [-0.2, 0) is 14.3 Å². The number of fused-ring (bicyclic) bond motifs is 1. The van der Waals surface area contributed by atoms with E-state index in [-0.39, 0.29) is 6.10 Å². The highest BCUT2D eigenvalue weighted by Crippen LogP contribution is 2.31. The van der Waals surface area contributed by atoms with Crippen LogP contribution in [0.1, 0.15) is 12.8 Å². The highest BCUT2D eigenvalue weighted by atomic mass is 35.5. The molecule has 11 heteroatoms. The summed E-state index contributed by atoms with van der Waals surface area (Å²) in [4.78, 5) is 38.3. The fourth-order valence-corrected chi connectivity index (χ4v) is 4.54. The maximum Gasteiger partial charge on any atom is 0.394 e. The Bertz CT molecular complexity index is 1200. The van der Waals surface area contributed by atoms with Crippen molar-refractivity contribution in [1.82, 2.24) is 19.9 Å². The molecule has 0 spiro atoms. The Morgan fingerprint density at radius 1 is 1.09 bits per heavy atom. The summed E-state index contributed by atoms with van der Waals surface area (Å²) < 4.78 is 11.4. The molecule has 0 unspecified atom stereocenters. The monoisotopic (exact) mass is 485 g/mol. The molecular weight excluding hydrogens is 462 g/mol. The molecule has 10 nitrogen and oxygen atoms in total. The topological polar surface area (TPSA) is 121 Å². The second kappa shape index (κ2) is 9.47. The van der Waals surface area contributed by atoms with Crippen LogP contribution in [0, 0.1) is 0 Å². The van der Waals surface area contributed by atoms with Crippen molar-refractivity contribution in [3.63, 3.8) is 0 Å². The Hall–Kier alpha value is -3.37. The number of nitrogens with zero attached hydrogens (tertiary/aromatic N) is 4. The summed E-state index contributed by atoms with van der Waals surface area (Å²) in [5, 5.41) is 9.36. The van der Waals surface area contributed by atoms with Crippen LogP contribution in [0.2, 0.25) is 5.02 Å². The summed E-state index contributed by atoms with van der Waals surface area (Å²) in [6.45, 7) is 3.85. The lowest BCUT2D eigenvalue weighted by atomic mass is 10.1. The van der Waals surface area contributed by atoms with Crippen LogP contribution < -0.4 is 9.64 Å². The lowest BCUT2D eigenvalue weighted by Gasteiger charge is -2.30. The van der Waals surface area contributed by atoms with Gasteiger partial charge in [0.1, 0.15) is 6.10 Å². The Morgan fingerprint density at radius 2 is 1.79 bits per heavy atom. The normalized spacial score (nSPS) is 17.2. The van der Waals surface area contributed by atoms with Gasteiger partial charge in [0.25, 0.3) is 6.01 Å². The van der Waals surface area contributed by atoms with Crippen LogP contribution in [0.3, 0.4) is 0 Å². The van der Waals surface area contributed by atoms with Crippen molar-refractivity contribution < 1.29 is 24.2 Å². The molecule has 0 atom stereocenters. The van der Waals surface area contributed by atoms with E-state index in [0.29, 0.717) is 53.8 Å². The van der Waals surface area contributed by atoms with Gasteiger partial charge in [0.05, 0.1) is 29.4 Å². The number of carbonyl (C=O) groups is 2. The maximum atomic E-state index is 11.6. The first kappa shape index (κ1) is 22.4. The van der Waals surface area contributed by atoms with E-state index in [1.165, 1.54) is 4.90 Å². The average Bonchev–Trinajstić information content (AvgIpc) is 3.25. The number of aliphatic carboxylic acids is 1. The predicted octanol–water partition coefficient (Wildman–Crippen LogP) is 2.57. The molecule has 0 saturated carbocycles. The number of aromatic nitrogens is 3. The van der Waals surface area contributed by atoms with Crippen LogP contribution in [0.15, 0.2) is 30.3 Å². The van der Waals surface area contributed by atoms with Gasteiger partial charge in [-0.05, 0) is 18.2 Å². The average molecular weight is 486 g/mol. The molecule has 2 aliphatic rings. The van der Waals surface area contributed by atoms with Crippen LogP contribution >= 0.6 is 11.6 Å². The Morgan fingerprint density at radius 3 is 2.47 bits per heavy atom. The van der Waals surface area contributed by atoms with E-state index in [0.717, 1.165) is 37.6 Å². The largest absolute Gasteiger partial charge is 0.474 e. The zero-order chi connectivity index (χ0) is 23.7. The van der Waals surface area contributed by atoms with E-state index in [2.05, 4.69) is 32.0 Å². The first-order valence-electron chi connectivity index (χ1n) is 11.2. The molecule has 3 aromatic rings. The van der Waals surface area contributed by atoms with Gasteiger partial charge >= 0.3 is 11.9 Å². The van der Waals surface area contributed by atoms with Crippen molar-refractivity contribution >= 4 is 40.3 Å². The van der Waals surface area contributed by atoms with Crippen molar-refractivity contribution in [2.45, 2.75) is 18.9 Å². The van der Waals surface area contributed by atoms with Gasteiger partial charge in [-0.25, -0.2) is 9.78 Å². The highest BCUT2D eigenvalue weighted by Gasteiger charge is 2.28. The number of amides is 1. The summed E-state index contributed by atoms with van der Waals surface area (Å²) in [7, 11) is 0. The molecule has 34 heavy (non-hydrogen) atoms. The summed E-state index contributed by atoms with van der Waals surface area (Å²) >= 11 is 6.54. The number of aromatic amines is 1. The molecule has 2 saturated heterocycles. The Labute approximate surface area is 200 Å². The predicted molar refractivity (Wildman–Crippen MR) is 125 cm³/mol. The quantitative estimate of drug-likeness (QED) is 0.541. The standard InChI is InChI=1S/C23H24ClN5O5/c24-17-13-18-20(26-19(17)14-1-3-15(4-2-14)28-9-11-33-12-10-28)27-23(25-18)34-16-5-7-29(8-6-16)21(30)22(31)32/h1-4,13,16H,5-12H2,(H,31,32)(H,25,26,27). The minimum atomic E-state index is -1.44. The van der Waals surface area contributed by atoms with Crippen molar-refractivity contribution in [2.24, 2.45) is 0 Å². The van der Waals surface area contributed by atoms with Crippen LogP contribution in [0.4, 0.5) is 5.69 Å². The number of benzene rings is 1. The number of hydrogen-bond donors (Lipinski definition) is 2. The molecule has 2 aliphatic heterocycles. The van der Waals surface area contributed by atoms with Gasteiger partial charge in [0.15, 0.2) is 5.65 Å². The SMILES string of the molecule is O=C(O)C(=O)N1CCC(Oc2nc3nc(-c4ccc(N5CCOCC5)cc4)c(Cl)cc3[nH]2)CC1. The number of morpholine rings is 1. The van der Waals surface area contributed by atoms with Crippen LogP contribution in [0.5, 0.6) is 6.01 Å². The molecule has 4 heterocycles. The molecule has 2 aromatic heterocycles. The number of carboxylic acid groups (broad SMARTS) is 1. The lowest BCUT2D eigenvalue weighted by Crippen LogP contribution is -2.44. The zero-order valence-corrected chi connectivity index (χ0v) is 19.1. The Kier molecular flexibility index (Phi) is 6.25. The number of pyridine rings is 1. The van der Waals surface area contributed by atoms with E-state index in [4.69, 9.17) is 26.2 Å². The molecule has 1 aromatic carbocycles. The maximum absolute atomic E-state index is 11.6. The third-order valence-corrected chi connectivity index (χ3v) is 6.40.